The summed E-state index contributed by atoms with van der Waals surface area (Å²) in [5.74, 6) is 1.03. The number of nitrogens with zero attached hydrogens (tertiary/aromatic N) is 2. The average molecular weight is 490 g/mol. The number of amides is 1. The number of rotatable bonds is 6. The first kappa shape index (κ1) is 21.7. The summed E-state index contributed by atoms with van der Waals surface area (Å²) in [4.78, 5) is 25.9. The molecule has 0 saturated heterocycles. The Morgan fingerprint density at radius 1 is 1.17 bits per heavy atom. The number of ether oxygens (including phenoxy) is 2. The third-order valence-electron chi connectivity index (χ3n) is 6.39. The monoisotopic (exact) mass is 489 g/mol. The van der Waals surface area contributed by atoms with Crippen LogP contribution in [0.15, 0.2) is 42.6 Å². The Kier molecular flexibility index (Phi) is 5.25. The predicted octanol–water partition coefficient (Wildman–Crippen LogP) is 5.42. The summed E-state index contributed by atoms with van der Waals surface area (Å²) in [6.07, 6.45) is 4.07. The van der Waals surface area contributed by atoms with Gasteiger partial charge >= 0.3 is 0 Å². The molecule has 1 atom stereocenters. The molecular formula is C26H24ClN5O3. The minimum atomic E-state index is -0.145. The van der Waals surface area contributed by atoms with E-state index in [0.717, 1.165) is 35.3 Å². The van der Waals surface area contributed by atoms with Crippen LogP contribution in [0.4, 0.5) is 11.4 Å². The van der Waals surface area contributed by atoms with Crippen LogP contribution in [0.5, 0.6) is 11.6 Å². The van der Waals surface area contributed by atoms with Crippen molar-refractivity contribution in [2.45, 2.75) is 31.8 Å². The summed E-state index contributed by atoms with van der Waals surface area (Å²) in [7, 11) is 1.57. The fraction of sp³-hybridized carbons (Fsp3) is 0.269. The second kappa shape index (κ2) is 8.46. The summed E-state index contributed by atoms with van der Waals surface area (Å²) in [6.45, 7) is 2.63. The Labute approximate surface area is 207 Å². The Morgan fingerprint density at radius 3 is 2.83 bits per heavy atom. The highest BCUT2D eigenvalue weighted by Gasteiger charge is 2.32. The van der Waals surface area contributed by atoms with Crippen molar-refractivity contribution in [2.24, 2.45) is 0 Å². The molecule has 1 aliphatic carbocycles. The van der Waals surface area contributed by atoms with E-state index in [1.807, 2.05) is 30.3 Å². The first-order valence-electron chi connectivity index (χ1n) is 11.6. The summed E-state index contributed by atoms with van der Waals surface area (Å²) < 4.78 is 11.5. The van der Waals surface area contributed by atoms with Gasteiger partial charge in [0.2, 0.25) is 5.88 Å². The maximum atomic E-state index is 13.1. The number of aromatic nitrogens is 3. The largest absolute Gasteiger partial charge is 0.493 e. The maximum absolute atomic E-state index is 13.1. The molecule has 35 heavy (non-hydrogen) atoms. The minimum Gasteiger partial charge on any atom is -0.493 e. The number of hydrogen-bond acceptors (Lipinski definition) is 6. The Morgan fingerprint density at radius 2 is 2.03 bits per heavy atom. The standard InChI is InChI=1S/C26H24ClN5O3/c1-13-12-29-26(33)20-21(13)32-23(24(20)30-18-5-3-4-16(27)25(18)34-2)15-10-11-28-17-8-9-19(31-22(15)17)35-14-6-7-14/h3-5,8-11,13-14,30,32H,6-7,12H2,1-2H3,(H,29,33). The van der Waals surface area contributed by atoms with Gasteiger partial charge in [0, 0.05) is 36.0 Å². The molecule has 1 aliphatic heterocycles. The van der Waals surface area contributed by atoms with E-state index in [9.17, 15) is 4.79 Å². The number of aromatic amines is 1. The number of para-hydroxylation sites is 1. The lowest BCUT2D eigenvalue weighted by molar-refractivity contribution is 0.0942. The number of carbonyl (C=O) groups excluding carboxylic acids is 1. The minimum absolute atomic E-state index is 0.105. The van der Waals surface area contributed by atoms with Crippen molar-refractivity contribution >= 4 is 39.9 Å². The number of anilines is 2. The first-order chi connectivity index (χ1) is 17.0. The second-order valence-electron chi connectivity index (χ2n) is 8.91. The van der Waals surface area contributed by atoms with Gasteiger partial charge in [0.1, 0.15) is 11.6 Å². The van der Waals surface area contributed by atoms with Gasteiger partial charge in [-0.1, -0.05) is 24.6 Å². The molecule has 1 saturated carbocycles. The van der Waals surface area contributed by atoms with E-state index in [-0.39, 0.29) is 17.9 Å². The topological polar surface area (TPSA) is 101 Å². The smallest absolute Gasteiger partial charge is 0.255 e. The molecule has 4 heterocycles. The molecule has 3 N–H and O–H groups in total. The fourth-order valence-electron chi connectivity index (χ4n) is 4.47. The molecule has 1 unspecified atom stereocenters. The van der Waals surface area contributed by atoms with E-state index in [0.29, 0.717) is 45.7 Å². The van der Waals surface area contributed by atoms with E-state index in [1.165, 1.54) is 0 Å². The molecule has 1 aromatic carbocycles. The van der Waals surface area contributed by atoms with Crippen LogP contribution in [0.25, 0.3) is 22.3 Å². The van der Waals surface area contributed by atoms with Crippen LogP contribution >= 0.6 is 11.6 Å². The van der Waals surface area contributed by atoms with Crippen molar-refractivity contribution in [3.8, 4) is 22.9 Å². The van der Waals surface area contributed by atoms with Crippen molar-refractivity contribution in [1.82, 2.24) is 20.3 Å². The molecule has 6 rings (SSSR count). The summed E-state index contributed by atoms with van der Waals surface area (Å²) >= 11 is 6.38. The van der Waals surface area contributed by atoms with Crippen LogP contribution in [-0.2, 0) is 0 Å². The second-order valence-corrected chi connectivity index (χ2v) is 9.32. The lowest BCUT2D eigenvalue weighted by Gasteiger charge is -2.20. The van der Waals surface area contributed by atoms with Gasteiger partial charge in [-0.3, -0.25) is 9.78 Å². The van der Waals surface area contributed by atoms with Gasteiger partial charge in [-0.05, 0) is 37.1 Å². The Bertz CT molecular complexity index is 1460. The molecule has 4 aromatic rings. The van der Waals surface area contributed by atoms with Crippen LogP contribution in [0.1, 0.15) is 41.7 Å². The highest BCUT2D eigenvalue weighted by atomic mass is 35.5. The van der Waals surface area contributed by atoms with Gasteiger partial charge in [0.25, 0.3) is 5.91 Å². The number of halogens is 1. The van der Waals surface area contributed by atoms with Gasteiger partial charge in [0.15, 0.2) is 5.75 Å². The van der Waals surface area contributed by atoms with Crippen molar-refractivity contribution in [3.05, 3.63) is 58.9 Å². The zero-order valence-corrected chi connectivity index (χ0v) is 20.1. The van der Waals surface area contributed by atoms with Gasteiger partial charge in [-0.2, -0.15) is 0 Å². The van der Waals surface area contributed by atoms with E-state index < -0.39 is 0 Å². The first-order valence-corrected chi connectivity index (χ1v) is 12.0. The highest BCUT2D eigenvalue weighted by molar-refractivity contribution is 6.32. The summed E-state index contributed by atoms with van der Waals surface area (Å²) in [5.41, 5.74) is 5.70. The van der Waals surface area contributed by atoms with Crippen molar-refractivity contribution in [3.63, 3.8) is 0 Å². The van der Waals surface area contributed by atoms with E-state index >= 15 is 0 Å². The predicted molar refractivity (Wildman–Crippen MR) is 135 cm³/mol. The number of methoxy groups -OCH3 is 1. The van der Waals surface area contributed by atoms with Crippen molar-refractivity contribution in [2.75, 3.05) is 19.0 Å². The fourth-order valence-corrected chi connectivity index (χ4v) is 4.72. The molecule has 2 aliphatic rings. The molecule has 3 aromatic heterocycles. The lowest BCUT2D eigenvalue weighted by Crippen LogP contribution is -2.33. The number of fused-ring (bicyclic) bond motifs is 2. The molecule has 0 spiro atoms. The number of carbonyl (C=O) groups is 1. The SMILES string of the molecule is COc1c(Cl)cccc1Nc1c(-c2ccnc3ccc(OC4CC4)nc23)[nH]c2c1C(=O)NCC2C. The number of H-pyrrole nitrogens is 1. The quantitative estimate of drug-likeness (QED) is 0.334. The van der Waals surface area contributed by atoms with E-state index in [1.54, 1.807) is 19.4 Å². The molecule has 0 radical (unpaired) electrons. The highest BCUT2D eigenvalue weighted by Crippen LogP contribution is 2.43. The third kappa shape index (κ3) is 3.83. The maximum Gasteiger partial charge on any atom is 0.255 e. The van der Waals surface area contributed by atoms with Crippen LogP contribution in [-0.4, -0.2) is 40.6 Å². The molecule has 1 fully saturated rings. The molecule has 8 nitrogen and oxygen atoms in total. The lowest BCUT2D eigenvalue weighted by atomic mass is 9.98. The summed E-state index contributed by atoms with van der Waals surface area (Å²) in [5, 5.41) is 6.89. The van der Waals surface area contributed by atoms with E-state index in [2.05, 4.69) is 27.5 Å². The molecule has 178 valence electrons. The Hall–Kier alpha value is -3.78. The van der Waals surface area contributed by atoms with Crippen molar-refractivity contribution in [1.29, 1.82) is 0 Å². The molecule has 1 amide bonds. The normalized spacial score (nSPS) is 17.1. The van der Waals surface area contributed by atoms with E-state index in [4.69, 9.17) is 26.1 Å². The molecule has 0 bridgehead atoms. The Balaban J connectivity index is 1.56. The van der Waals surface area contributed by atoms with Crippen LogP contribution in [0.3, 0.4) is 0 Å². The van der Waals surface area contributed by atoms with Gasteiger partial charge in [0.05, 0.1) is 40.3 Å². The van der Waals surface area contributed by atoms with Crippen LogP contribution in [0.2, 0.25) is 5.02 Å². The zero-order chi connectivity index (χ0) is 24.1. The van der Waals surface area contributed by atoms with Crippen LogP contribution < -0.4 is 20.1 Å². The number of pyridine rings is 2. The zero-order valence-electron chi connectivity index (χ0n) is 19.3. The third-order valence-corrected chi connectivity index (χ3v) is 6.69. The molecular weight excluding hydrogens is 466 g/mol. The average Bonchev–Trinajstić information content (AvgIpc) is 3.59. The number of nitrogens with one attached hydrogen (secondary N) is 3. The van der Waals surface area contributed by atoms with Gasteiger partial charge in [-0.25, -0.2) is 4.98 Å². The number of benzene rings is 1. The summed E-state index contributed by atoms with van der Waals surface area (Å²) in [6, 6.07) is 11.1. The molecule has 9 heteroatoms. The van der Waals surface area contributed by atoms with Crippen molar-refractivity contribution < 1.29 is 14.3 Å². The number of hydrogen-bond donors (Lipinski definition) is 3. The van der Waals surface area contributed by atoms with Gasteiger partial charge < -0.3 is 25.1 Å². The van der Waals surface area contributed by atoms with Crippen LogP contribution in [0, 0.1) is 0 Å². The van der Waals surface area contributed by atoms with Gasteiger partial charge in [-0.15, -0.1) is 0 Å².